The minimum absolute atomic E-state index is 0.0787. The van der Waals surface area contributed by atoms with Gasteiger partial charge in [-0.25, -0.2) is 0 Å². The minimum Gasteiger partial charge on any atom is -0.370 e. The molecule has 2 nitrogen and oxygen atoms in total. The van der Waals surface area contributed by atoms with Gasteiger partial charge < -0.3 is 4.90 Å². The molecule has 0 bridgehead atoms. The van der Waals surface area contributed by atoms with E-state index in [1.165, 1.54) is 11.3 Å². The summed E-state index contributed by atoms with van der Waals surface area (Å²) < 4.78 is 0. The maximum atomic E-state index is 11.6. The topological polar surface area (TPSA) is 20.3 Å². The fraction of sp³-hybridized carbons (Fsp3) is 0.500. The SMILES string of the molecule is CC(=O)C1CN(CC(C)C)c2ccccc21. The summed E-state index contributed by atoms with van der Waals surface area (Å²) in [5.74, 6) is 0.979. The number of Topliss-reactive ketones (excluding diaryl/α,β-unsaturated/α-hetero) is 1. The van der Waals surface area contributed by atoms with Crippen LogP contribution in [0.3, 0.4) is 0 Å². The van der Waals surface area contributed by atoms with Gasteiger partial charge >= 0.3 is 0 Å². The highest BCUT2D eigenvalue weighted by molar-refractivity contribution is 5.88. The molecule has 0 amide bonds. The second kappa shape index (κ2) is 4.28. The second-order valence-corrected chi connectivity index (χ2v) is 5.02. The van der Waals surface area contributed by atoms with Crippen LogP contribution in [-0.4, -0.2) is 18.9 Å². The van der Waals surface area contributed by atoms with E-state index in [9.17, 15) is 4.79 Å². The van der Waals surface area contributed by atoms with Crippen LogP contribution in [0.2, 0.25) is 0 Å². The van der Waals surface area contributed by atoms with Gasteiger partial charge in [0.1, 0.15) is 5.78 Å². The quantitative estimate of drug-likeness (QED) is 0.776. The van der Waals surface area contributed by atoms with E-state index in [0.717, 1.165) is 13.1 Å². The summed E-state index contributed by atoms with van der Waals surface area (Å²) in [6.07, 6.45) is 0. The Morgan fingerprint density at radius 3 is 2.75 bits per heavy atom. The minimum atomic E-state index is 0.0787. The molecule has 1 unspecified atom stereocenters. The van der Waals surface area contributed by atoms with E-state index in [4.69, 9.17) is 0 Å². The van der Waals surface area contributed by atoms with Gasteiger partial charge in [-0.05, 0) is 24.5 Å². The van der Waals surface area contributed by atoms with Crippen LogP contribution in [0, 0.1) is 5.92 Å². The van der Waals surface area contributed by atoms with E-state index in [2.05, 4.69) is 36.9 Å². The predicted molar refractivity (Wildman–Crippen MR) is 66.9 cm³/mol. The summed E-state index contributed by atoms with van der Waals surface area (Å²) in [6.45, 7) is 8.00. The van der Waals surface area contributed by atoms with Crippen molar-refractivity contribution in [2.45, 2.75) is 26.7 Å². The summed E-state index contributed by atoms with van der Waals surface area (Å²) in [7, 11) is 0. The number of anilines is 1. The number of ketones is 1. The van der Waals surface area contributed by atoms with E-state index in [-0.39, 0.29) is 11.7 Å². The maximum absolute atomic E-state index is 11.6. The summed E-state index contributed by atoms with van der Waals surface area (Å²) in [4.78, 5) is 14.0. The summed E-state index contributed by atoms with van der Waals surface area (Å²) in [5, 5.41) is 0. The Labute approximate surface area is 97.3 Å². The van der Waals surface area contributed by atoms with Crippen molar-refractivity contribution in [2.24, 2.45) is 5.92 Å². The van der Waals surface area contributed by atoms with Gasteiger partial charge in [0.05, 0.1) is 5.92 Å². The number of hydrogen-bond donors (Lipinski definition) is 0. The van der Waals surface area contributed by atoms with Crippen LogP contribution >= 0.6 is 0 Å². The molecule has 1 heterocycles. The summed E-state index contributed by atoms with van der Waals surface area (Å²) in [6, 6.07) is 8.28. The van der Waals surface area contributed by atoms with Crippen LogP contribution in [0.4, 0.5) is 5.69 Å². The van der Waals surface area contributed by atoms with Crippen LogP contribution in [0.5, 0.6) is 0 Å². The third-order valence-corrected chi connectivity index (χ3v) is 3.13. The first-order valence-corrected chi connectivity index (χ1v) is 5.94. The molecular formula is C14H19NO. The molecule has 0 aliphatic carbocycles. The lowest BCUT2D eigenvalue weighted by Gasteiger charge is -2.21. The fourth-order valence-electron chi connectivity index (χ4n) is 2.45. The number of nitrogens with zero attached hydrogens (tertiary/aromatic N) is 1. The molecule has 0 saturated heterocycles. The van der Waals surface area contributed by atoms with Crippen LogP contribution < -0.4 is 4.90 Å². The van der Waals surface area contributed by atoms with Crippen molar-refractivity contribution >= 4 is 11.5 Å². The van der Waals surface area contributed by atoms with E-state index in [1.807, 2.05) is 6.07 Å². The first-order chi connectivity index (χ1) is 7.59. The van der Waals surface area contributed by atoms with Gasteiger partial charge in [-0.2, -0.15) is 0 Å². The lowest BCUT2D eigenvalue weighted by atomic mass is 9.98. The molecular weight excluding hydrogens is 198 g/mol. The number of carbonyl (C=O) groups excluding carboxylic acids is 1. The second-order valence-electron chi connectivity index (χ2n) is 5.02. The Bertz CT molecular complexity index is 397. The molecule has 0 N–H and O–H groups in total. The van der Waals surface area contributed by atoms with Gasteiger partial charge in [0.15, 0.2) is 0 Å². The Morgan fingerprint density at radius 1 is 1.44 bits per heavy atom. The van der Waals surface area contributed by atoms with Crippen molar-refractivity contribution in [2.75, 3.05) is 18.0 Å². The molecule has 1 aromatic rings. The molecule has 1 aliphatic rings. The molecule has 0 aromatic heterocycles. The van der Waals surface area contributed by atoms with E-state index in [0.29, 0.717) is 5.92 Å². The summed E-state index contributed by atoms with van der Waals surface area (Å²) in [5.41, 5.74) is 2.45. The molecule has 86 valence electrons. The van der Waals surface area contributed by atoms with Gasteiger partial charge in [-0.1, -0.05) is 32.0 Å². The Kier molecular flexibility index (Phi) is 2.99. The number of benzene rings is 1. The number of fused-ring (bicyclic) bond motifs is 1. The first-order valence-electron chi connectivity index (χ1n) is 5.94. The predicted octanol–water partition coefficient (Wildman–Crippen LogP) is 2.84. The third-order valence-electron chi connectivity index (χ3n) is 3.13. The zero-order chi connectivity index (χ0) is 11.7. The zero-order valence-corrected chi connectivity index (χ0v) is 10.2. The molecule has 0 radical (unpaired) electrons. The van der Waals surface area contributed by atoms with Crippen molar-refractivity contribution in [3.63, 3.8) is 0 Å². The molecule has 1 atom stereocenters. The zero-order valence-electron chi connectivity index (χ0n) is 10.2. The standard InChI is InChI=1S/C14H19NO/c1-10(2)8-15-9-13(11(3)16)12-6-4-5-7-14(12)15/h4-7,10,13H,8-9H2,1-3H3. The smallest absolute Gasteiger partial charge is 0.139 e. The monoisotopic (exact) mass is 217 g/mol. The van der Waals surface area contributed by atoms with Crippen LogP contribution in [-0.2, 0) is 4.79 Å². The van der Waals surface area contributed by atoms with Gasteiger partial charge in [-0.15, -0.1) is 0 Å². The molecule has 1 aliphatic heterocycles. The number of hydrogen-bond acceptors (Lipinski definition) is 2. The van der Waals surface area contributed by atoms with Crippen molar-refractivity contribution < 1.29 is 4.79 Å². The van der Waals surface area contributed by atoms with E-state index < -0.39 is 0 Å². The Hall–Kier alpha value is -1.31. The van der Waals surface area contributed by atoms with E-state index >= 15 is 0 Å². The highest BCUT2D eigenvalue weighted by atomic mass is 16.1. The maximum Gasteiger partial charge on any atom is 0.139 e. The third kappa shape index (κ3) is 1.97. The van der Waals surface area contributed by atoms with Crippen molar-refractivity contribution in [1.82, 2.24) is 0 Å². The summed E-state index contributed by atoms with van der Waals surface area (Å²) >= 11 is 0. The largest absolute Gasteiger partial charge is 0.370 e. The van der Waals surface area contributed by atoms with E-state index in [1.54, 1.807) is 6.92 Å². The lowest BCUT2D eigenvalue weighted by Crippen LogP contribution is -2.27. The molecule has 0 fully saturated rings. The molecule has 1 aromatic carbocycles. The van der Waals surface area contributed by atoms with Crippen molar-refractivity contribution in [3.05, 3.63) is 29.8 Å². The molecule has 0 spiro atoms. The van der Waals surface area contributed by atoms with Crippen LogP contribution in [0.1, 0.15) is 32.3 Å². The Balaban J connectivity index is 2.31. The number of carbonyl (C=O) groups is 1. The highest BCUT2D eigenvalue weighted by Gasteiger charge is 2.30. The van der Waals surface area contributed by atoms with Crippen LogP contribution in [0.15, 0.2) is 24.3 Å². The van der Waals surface area contributed by atoms with Gasteiger partial charge in [-0.3, -0.25) is 4.79 Å². The molecule has 16 heavy (non-hydrogen) atoms. The van der Waals surface area contributed by atoms with Gasteiger partial charge in [0.25, 0.3) is 0 Å². The number of rotatable bonds is 3. The molecule has 2 heteroatoms. The highest BCUT2D eigenvalue weighted by Crippen LogP contribution is 2.36. The van der Waals surface area contributed by atoms with Gasteiger partial charge in [0, 0.05) is 18.8 Å². The normalized spacial score (nSPS) is 19.0. The average molecular weight is 217 g/mol. The van der Waals surface area contributed by atoms with Gasteiger partial charge in [0.2, 0.25) is 0 Å². The van der Waals surface area contributed by atoms with Crippen LogP contribution in [0.25, 0.3) is 0 Å². The average Bonchev–Trinajstić information content (AvgIpc) is 2.57. The lowest BCUT2D eigenvalue weighted by molar-refractivity contribution is -0.118. The fourth-order valence-corrected chi connectivity index (χ4v) is 2.45. The molecule has 0 saturated carbocycles. The van der Waals surface area contributed by atoms with Crippen molar-refractivity contribution in [1.29, 1.82) is 0 Å². The first kappa shape index (κ1) is 11.2. The number of para-hydroxylation sites is 1. The Morgan fingerprint density at radius 2 is 2.12 bits per heavy atom. The molecule has 2 rings (SSSR count). The van der Waals surface area contributed by atoms with Crippen molar-refractivity contribution in [3.8, 4) is 0 Å².